The van der Waals surface area contributed by atoms with Crippen LogP contribution in [0.1, 0.15) is 6.92 Å². The number of carbonyl (C=O) groups is 1. The quantitative estimate of drug-likeness (QED) is 0.466. The Morgan fingerprint density at radius 1 is 0.933 bits per heavy atom. The number of rotatable bonds is 7. The Balaban J connectivity index is 4.51. The number of ether oxygens (including phenoxy) is 4. The van der Waals surface area contributed by atoms with Gasteiger partial charge in [0.25, 0.3) is 0 Å². The highest BCUT2D eigenvalue weighted by Crippen LogP contribution is 2.07. The molecule has 0 saturated heterocycles. The summed E-state index contributed by atoms with van der Waals surface area (Å²) in [7, 11) is 5.80. The van der Waals surface area contributed by atoms with Crippen molar-refractivity contribution in [2.45, 2.75) is 19.5 Å². The molecule has 0 atom stereocenters. The smallest absolute Gasteiger partial charge is 0.221 e. The van der Waals surface area contributed by atoms with Crippen LogP contribution in [0.4, 0.5) is 0 Å². The Hall–Kier alpha value is -0.750. The molecule has 5 nitrogen and oxygen atoms in total. The van der Waals surface area contributed by atoms with Crippen molar-refractivity contribution in [3.05, 3.63) is 11.6 Å². The monoisotopic (exact) mass is 218 g/mol. The molecule has 0 bridgehead atoms. The molecule has 0 spiro atoms. The molecule has 0 N–H and O–H groups in total. The van der Waals surface area contributed by atoms with E-state index in [1.165, 1.54) is 34.5 Å². The van der Waals surface area contributed by atoms with Crippen molar-refractivity contribution < 1.29 is 23.7 Å². The van der Waals surface area contributed by atoms with Crippen LogP contribution in [0.2, 0.25) is 0 Å². The third-order valence-corrected chi connectivity index (χ3v) is 1.83. The van der Waals surface area contributed by atoms with Gasteiger partial charge >= 0.3 is 0 Å². The lowest BCUT2D eigenvalue weighted by atomic mass is 10.2. The molecule has 0 aromatic carbocycles. The first-order valence-electron chi connectivity index (χ1n) is 4.43. The van der Waals surface area contributed by atoms with E-state index in [0.29, 0.717) is 5.57 Å². The summed E-state index contributed by atoms with van der Waals surface area (Å²) in [5.41, 5.74) is 0.657. The normalized spacial score (nSPS) is 12.6. The fraction of sp³-hybridized carbons (Fsp3) is 0.700. The van der Waals surface area contributed by atoms with Gasteiger partial charge in [-0.15, -0.1) is 0 Å². The van der Waals surface area contributed by atoms with Gasteiger partial charge in [0.1, 0.15) is 0 Å². The van der Waals surface area contributed by atoms with E-state index in [1.54, 1.807) is 6.92 Å². The van der Waals surface area contributed by atoms with E-state index in [1.807, 2.05) is 0 Å². The molecule has 0 aromatic rings. The summed E-state index contributed by atoms with van der Waals surface area (Å²) >= 11 is 0. The minimum Gasteiger partial charge on any atom is -0.352 e. The van der Waals surface area contributed by atoms with Gasteiger partial charge < -0.3 is 18.9 Å². The lowest BCUT2D eigenvalue weighted by Gasteiger charge is -2.15. The van der Waals surface area contributed by atoms with Crippen molar-refractivity contribution in [3.63, 3.8) is 0 Å². The zero-order valence-corrected chi connectivity index (χ0v) is 9.77. The highest BCUT2D eigenvalue weighted by atomic mass is 16.7. The molecular formula is C10H18O5. The number of hydrogen-bond acceptors (Lipinski definition) is 5. The third kappa shape index (κ3) is 4.53. The van der Waals surface area contributed by atoms with Crippen LogP contribution in [0.15, 0.2) is 11.6 Å². The van der Waals surface area contributed by atoms with Crippen LogP contribution in [0.25, 0.3) is 0 Å². The van der Waals surface area contributed by atoms with Crippen LogP contribution in [-0.4, -0.2) is 46.8 Å². The first kappa shape index (κ1) is 14.2. The van der Waals surface area contributed by atoms with Gasteiger partial charge in [0.15, 0.2) is 6.29 Å². The lowest BCUT2D eigenvalue weighted by Crippen LogP contribution is -2.24. The average Bonchev–Trinajstić information content (AvgIpc) is 2.21. The van der Waals surface area contributed by atoms with E-state index in [4.69, 9.17) is 18.9 Å². The highest BCUT2D eigenvalue weighted by Gasteiger charge is 2.16. The number of methoxy groups -OCH3 is 4. The summed E-state index contributed by atoms with van der Waals surface area (Å²) in [5.74, 6) is -0.281. The molecule has 0 aliphatic heterocycles. The fourth-order valence-electron chi connectivity index (χ4n) is 1.16. The zero-order chi connectivity index (χ0) is 11.8. The van der Waals surface area contributed by atoms with Crippen molar-refractivity contribution >= 4 is 5.78 Å². The number of carbonyl (C=O) groups excluding carboxylic acids is 1. The summed E-state index contributed by atoms with van der Waals surface area (Å²) in [6.45, 7) is 1.73. The molecule has 0 aliphatic rings. The topological polar surface area (TPSA) is 54.0 Å². The van der Waals surface area contributed by atoms with E-state index >= 15 is 0 Å². The van der Waals surface area contributed by atoms with Gasteiger partial charge in [-0.05, 0) is 18.6 Å². The van der Waals surface area contributed by atoms with Gasteiger partial charge in [0.05, 0.1) is 0 Å². The summed E-state index contributed by atoms with van der Waals surface area (Å²) in [6.07, 6.45) is -0.0207. The second kappa shape index (κ2) is 7.53. The first-order chi connectivity index (χ1) is 7.10. The molecule has 15 heavy (non-hydrogen) atoms. The van der Waals surface area contributed by atoms with Crippen molar-refractivity contribution in [1.82, 2.24) is 0 Å². The minimum absolute atomic E-state index is 0.281. The summed E-state index contributed by atoms with van der Waals surface area (Å²) in [5, 5.41) is 0. The second-order valence-corrected chi connectivity index (χ2v) is 2.90. The van der Waals surface area contributed by atoms with Gasteiger partial charge in [0.2, 0.25) is 12.1 Å². The zero-order valence-electron chi connectivity index (χ0n) is 9.77. The van der Waals surface area contributed by atoms with Crippen molar-refractivity contribution in [1.29, 1.82) is 0 Å². The van der Waals surface area contributed by atoms with E-state index in [9.17, 15) is 4.79 Å². The lowest BCUT2D eigenvalue weighted by molar-refractivity contribution is -0.151. The van der Waals surface area contributed by atoms with E-state index in [-0.39, 0.29) is 5.78 Å². The van der Waals surface area contributed by atoms with Gasteiger partial charge in [0, 0.05) is 28.4 Å². The molecule has 0 saturated carbocycles. The molecular weight excluding hydrogens is 200 g/mol. The minimum atomic E-state index is -0.880. The maximum atomic E-state index is 11.5. The largest absolute Gasteiger partial charge is 0.352 e. The van der Waals surface area contributed by atoms with E-state index < -0.39 is 12.6 Å². The van der Waals surface area contributed by atoms with Gasteiger partial charge in [-0.3, -0.25) is 4.79 Å². The van der Waals surface area contributed by atoms with E-state index in [2.05, 4.69) is 0 Å². The predicted octanol–water partition coefficient (Wildman–Crippen LogP) is 0.740. The molecule has 0 rings (SSSR count). The van der Waals surface area contributed by atoms with Crippen molar-refractivity contribution in [3.8, 4) is 0 Å². The van der Waals surface area contributed by atoms with Crippen LogP contribution >= 0.6 is 0 Å². The Kier molecular flexibility index (Phi) is 7.15. The second-order valence-electron chi connectivity index (χ2n) is 2.90. The average molecular weight is 218 g/mol. The predicted molar refractivity (Wildman–Crippen MR) is 54.4 cm³/mol. The molecule has 88 valence electrons. The highest BCUT2D eigenvalue weighted by molar-refractivity contribution is 5.93. The SMILES string of the molecule is COC(OC)C(=O)C=C(C)C(OC)OC. The summed E-state index contributed by atoms with van der Waals surface area (Å²) in [4.78, 5) is 11.5. The third-order valence-electron chi connectivity index (χ3n) is 1.83. The van der Waals surface area contributed by atoms with E-state index in [0.717, 1.165) is 0 Å². The Morgan fingerprint density at radius 3 is 1.67 bits per heavy atom. The van der Waals surface area contributed by atoms with Crippen LogP contribution < -0.4 is 0 Å². The molecule has 0 fully saturated rings. The molecule has 5 heteroatoms. The number of hydrogen-bond donors (Lipinski definition) is 0. The van der Waals surface area contributed by atoms with Crippen LogP contribution in [0.5, 0.6) is 0 Å². The molecule has 0 aliphatic carbocycles. The molecule has 0 aromatic heterocycles. The fourth-order valence-corrected chi connectivity index (χ4v) is 1.16. The standard InChI is InChI=1S/C10H18O5/c1-7(9(12-2)13-3)6-8(11)10(14-4)15-5/h6,9-10H,1-5H3. The summed E-state index contributed by atoms with van der Waals surface area (Å²) in [6, 6.07) is 0. The van der Waals surface area contributed by atoms with Crippen LogP contribution in [-0.2, 0) is 23.7 Å². The Labute approximate surface area is 89.9 Å². The molecule has 0 amide bonds. The van der Waals surface area contributed by atoms with Gasteiger partial charge in [-0.1, -0.05) is 0 Å². The first-order valence-corrected chi connectivity index (χ1v) is 4.43. The van der Waals surface area contributed by atoms with Crippen LogP contribution in [0.3, 0.4) is 0 Å². The maximum Gasteiger partial charge on any atom is 0.221 e. The van der Waals surface area contributed by atoms with Crippen LogP contribution in [0, 0.1) is 0 Å². The van der Waals surface area contributed by atoms with Crippen molar-refractivity contribution in [2.75, 3.05) is 28.4 Å². The molecule has 0 unspecified atom stereocenters. The molecule has 0 radical (unpaired) electrons. The summed E-state index contributed by atoms with van der Waals surface area (Å²) < 4.78 is 19.6. The maximum absolute atomic E-state index is 11.5. The van der Waals surface area contributed by atoms with Crippen molar-refractivity contribution in [2.24, 2.45) is 0 Å². The van der Waals surface area contributed by atoms with Gasteiger partial charge in [-0.25, -0.2) is 0 Å². The Bertz CT molecular complexity index is 216. The van der Waals surface area contributed by atoms with Gasteiger partial charge in [-0.2, -0.15) is 0 Å². The molecule has 0 heterocycles. The Morgan fingerprint density at radius 2 is 1.33 bits per heavy atom. The number of ketones is 1.